The van der Waals surface area contributed by atoms with Crippen LogP contribution in [0.15, 0.2) is 47.0 Å². The van der Waals surface area contributed by atoms with Crippen molar-refractivity contribution in [2.45, 2.75) is 31.9 Å². The molecule has 7 heteroatoms. The molecule has 0 aliphatic heterocycles. The Morgan fingerprint density at radius 2 is 2.15 bits per heavy atom. The summed E-state index contributed by atoms with van der Waals surface area (Å²) in [6.45, 7) is -2.66. The van der Waals surface area contributed by atoms with Crippen LogP contribution in [-0.4, -0.2) is 29.4 Å². The topological polar surface area (TPSA) is 67.5 Å². The smallest absolute Gasteiger partial charge is 0.387 e. The molecule has 27 heavy (non-hydrogen) atoms. The SMILES string of the molecule is OCC1CCC(Nc2ccnc3cc(-c4cccc(OC(F)F)c4)oc23)C1. The first-order valence-electron chi connectivity index (χ1n) is 8.93. The number of nitrogens with zero attached hydrogens (tertiary/aromatic N) is 1. The number of fused-ring (bicyclic) bond motifs is 1. The van der Waals surface area contributed by atoms with Gasteiger partial charge in [0.25, 0.3) is 0 Å². The van der Waals surface area contributed by atoms with E-state index in [4.69, 9.17) is 4.42 Å². The second-order valence-corrected chi connectivity index (χ2v) is 6.79. The first-order chi connectivity index (χ1) is 13.1. The molecule has 2 aromatic heterocycles. The summed E-state index contributed by atoms with van der Waals surface area (Å²) in [6, 6.07) is 10.3. The Kier molecular flexibility index (Phi) is 4.94. The Hall–Kier alpha value is -2.67. The van der Waals surface area contributed by atoms with Crippen molar-refractivity contribution in [3.8, 4) is 17.1 Å². The lowest BCUT2D eigenvalue weighted by molar-refractivity contribution is -0.0498. The van der Waals surface area contributed by atoms with Crippen molar-refractivity contribution in [1.29, 1.82) is 0 Å². The Morgan fingerprint density at radius 1 is 1.26 bits per heavy atom. The molecule has 2 unspecified atom stereocenters. The third-order valence-electron chi connectivity index (χ3n) is 4.91. The maximum atomic E-state index is 12.4. The van der Waals surface area contributed by atoms with Crippen LogP contribution in [-0.2, 0) is 0 Å². The lowest BCUT2D eigenvalue weighted by Gasteiger charge is -2.14. The Bertz CT molecular complexity index is 928. The quantitative estimate of drug-likeness (QED) is 0.656. The molecule has 1 fully saturated rings. The number of anilines is 1. The molecule has 1 aliphatic carbocycles. The number of halogens is 2. The van der Waals surface area contributed by atoms with E-state index in [-0.39, 0.29) is 18.4 Å². The molecule has 1 aromatic carbocycles. The number of ether oxygens (including phenoxy) is 1. The minimum atomic E-state index is -2.87. The van der Waals surface area contributed by atoms with Crippen LogP contribution >= 0.6 is 0 Å². The van der Waals surface area contributed by atoms with Crippen molar-refractivity contribution in [1.82, 2.24) is 4.98 Å². The normalized spacial score (nSPS) is 19.7. The van der Waals surface area contributed by atoms with Crippen molar-refractivity contribution in [3.05, 3.63) is 42.6 Å². The van der Waals surface area contributed by atoms with Crippen molar-refractivity contribution in [2.24, 2.45) is 5.92 Å². The predicted molar refractivity (Wildman–Crippen MR) is 97.9 cm³/mol. The fourth-order valence-electron chi connectivity index (χ4n) is 3.61. The largest absolute Gasteiger partial charge is 0.452 e. The van der Waals surface area contributed by atoms with Crippen LogP contribution in [0.1, 0.15) is 19.3 Å². The number of nitrogens with one attached hydrogen (secondary N) is 1. The van der Waals surface area contributed by atoms with E-state index in [1.807, 2.05) is 6.07 Å². The van der Waals surface area contributed by atoms with Crippen LogP contribution < -0.4 is 10.1 Å². The van der Waals surface area contributed by atoms with E-state index < -0.39 is 6.61 Å². The van der Waals surface area contributed by atoms with Gasteiger partial charge in [-0.2, -0.15) is 8.78 Å². The van der Waals surface area contributed by atoms with E-state index in [0.717, 1.165) is 24.9 Å². The molecule has 0 bridgehead atoms. The summed E-state index contributed by atoms with van der Waals surface area (Å²) in [5.41, 5.74) is 2.79. The summed E-state index contributed by atoms with van der Waals surface area (Å²) < 4.78 is 35.3. The molecule has 1 aliphatic rings. The molecule has 2 atom stereocenters. The maximum absolute atomic E-state index is 12.4. The number of hydrogen-bond donors (Lipinski definition) is 2. The van der Waals surface area contributed by atoms with E-state index >= 15 is 0 Å². The maximum Gasteiger partial charge on any atom is 0.387 e. The zero-order valence-corrected chi connectivity index (χ0v) is 14.6. The molecule has 0 saturated heterocycles. The van der Waals surface area contributed by atoms with Gasteiger partial charge in [-0.25, -0.2) is 0 Å². The molecule has 0 radical (unpaired) electrons. The summed E-state index contributed by atoms with van der Waals surface area (Å²) in [7, 11) is 0. The van der Waals surface area contributed by atoms with E-state index in [2.05, 4.69) is 15.0 Å². The Labute approximate surface area is 155 Å². The number of hydrogen-bond acceptors (Lipinski definition) is 5. The van der Waals surface area contributed by atoms with Gasteiger partial charge in [-0.05, 0) is 43.4 Å². The van der Waals surface area contributed by atoms with Gasteiger partial charge < -0.3 is 19.6 Å². The second kappa shape index (κ2) is 7.52. The van der Waals surface area contributed by atoms with E-state index in [9.17, 15) is 13.9 Å². The van der Waals surface area contributed by atoms with Gasteiger partial charge in [-0.15, -0.1) is 0 Å². The molecule has 0 amide bonds. The highest BCUT2D eigenvalue weighted by atomic mass is 19.3. The molecule has 0 spiro atoms. The Morgan fingerprint density at radius 3 is 2.93 bits per heavy atom. The third-order valence-corrected chi connectivity index (χ3v) is 4.91. The third kappa shape index (κ3) is 3.88. The molecule has 2 heterocycles. The molecule has 142 valence electrons. The summed E-state index contributed by atoms with van der Waals surface area (Å²) in [4.78, 5) is 4.34. The Balaban J connectivity index is 1.61. The van der Waals surface area contributed by atoms with Crippen LogP contribution in [0, 0.1) is 5.92 Å². The average molecular weight is 374 g/mol. The minimum absolute atomic E-state index is 0.0789. The number of alkyl halides is 2. The van der Waals surface area contributed by atoms with Gasteiger partial charge in [0.05, 0.1) is 5.69 Å². The minimum Gasteiger partial charge on any atom is -0.452 e. The molecule has 4 rings (SSSR count). The van der Waals surface area contributed by atoms with Crippen LogP contribution in [0.25, 0.3) is 22.4 Å². The molecule has 3 aromatic rings. The molecule has 2 N–H and O–H groups in total. The van der Waals surface area contributed by atoms with Gasteiger partial charge in [-0.1, -0.05) is 12.1 Å². The number of pyridine rings is 1. The molecular weight excluding hydrogens is 354 g/mol. The van der Waals surface area contributed by atoms with Crippen LogP contribution in [0.3, 0.4) is 0 Å². The number of aliphatic hydroxyl groups excluding tert-OH is 1. The van der Waals surface area contributed by atoms with Gasteiger partial charge in [0.2, 0.25) is 0 Å². The van der Waals surface area contributed by atoms with Gasteiger partial charge in [0.15, 0.2) is 5.58 Å². The van der Waals surface area contributed by atoms with Gasteiger partial charge in [0.1, 0.15) is 17.0 Å². The first-order valence-corrected chi connectivity index (χ1v) is 8.93. The van der Waals surface area contributed by atoms with Crippen LogP contribution in [0.4, 0.5) is 14.5 Å². The van der Waals surface area contributed by atoms with Crippen molar-refractivity contribution < 1.29 is 23.0 Å². The van der Waals surface area contributed by atoms with Gasteiger partial charge >= 0.3 is 6.61 Å². The van der Waals surface area contributed by atoms with Crippen LogP contribution in [0.2, 0.25) is 0 Å². The second-order valence-electron chi connectivity index (χ2n) is 6.79. The van der Waals surface area contributed by atoms with Gasteiger partial charge in [-0.3, -0.25) is 4.98 Å². The fraction of sp³-hybridized carbons (Fsp3) is 0.350. The van der Waals surface area contributed by atoms with E-state index in [0.29, 0.717) is 28.3 Å². The van der Waals surface area contributed by atoms with Gasteiger partial charge in [0, 0.05) is 30.5 Å². The molecule has 1 saturated carbocycles. The monoisotopic (exact) mass is 374 g/mol. The van der Waals surface area contributed by atoms with E-state index in [1.165, 1.54) is 12.1 Å². The number of rotatable bonds is 6. The molecule has 5 nitrogen and oxygen atoms in total. The first kappa shape index (κ1) is 17.7. The van der Waals surface area contributed by atoms with Crippen molar-refractivity contribution in [2.75, 3.05) is 11.9 Å². The highest BCUT2D eigenvalue weighted by Gasteiger charge is 2.25. The lowest BCUT2D eigenvalue weighted by atomic mass is 10.1. The zero-order valence-electron chi connectivity index (χ0n) is 14.6. The lowest BCUT2D eigenvalue weighted by Crippen LogP contribution is -2.16. The summed E-state index contributed by atoms with van der Waals surface area (Å²) in [5, 5.41) is 12.8. The standard InChI is InChI=1S/C20H20F2N2O3/c21-20(22)26-15-3-1-2-13(9-15)18-10-17-19(27-18)16(6-7-23-17)24-14-5-4-12(8-14)11-25/h1-3,6-7,9-10,12,14,20,25H,4-5,8,11H2,(H,23,24). The van der Waals surface area contributed by atoms with Crippen LogP contribution in [0.5, 0.6) is 5.75 Å². The summed E-state index contributed by atoms with van der Waals surface area (Å²) >= 11 is 0. The average Bonchev–Trinajstić information content (AvgIpc) is 3.28. The summed E-state index contributed by atoms with van der Waals surface area (Å²) in [5.74, 6) is 0.950. The zero-order chi connectivity index (χ0) is 18.8. The fourth-order valence-corrected chi connectivity index (χ4v) is 3.61. The number of aromatic nitrogens is 1. The van der Waals surface area contributed by atoms with Crippen molar-refractivity contribution >= 4 is 16.8 Å². The number of furan rings is 1. The number of benzene rings is 1. The number of aliphatic hydroxyl groups is 1. The highest BCUT2D eigenvalue weighted by molar-refractivity contribution is 5.89. The molecular formula is C20H20F2N2O3. The van der Waals surface area contributed by atoms with E-state index in [1.54, 1.807) is 24.4 Å². The van der Waals surface area contributed by atoms with Crippen molar-refractivity contribution in [3.63, 3.8) is 0 Å². The predicted octanol–water partition coefficient (Wildman–Crippen LogP) is 4.67. The summed E-state index contributed by atoms with van der Waals surface area (Å²) in [6.07, 6.45) is 4.62. The highest BCUT2D eigenvalue weighted by Crippen LogP contribution is 2.34.